The third-order valence-electron chi connectivity index (χ3n) is 2.01. The van der Waals surface area contributed by atoms with Crippen molar-refractivity contribution in [1.29, 1.82) is 0 Å². The highest BCUT2D eigenvalue weighted by molar-refractivity contribution is 9.10. The van der Waals surface area contributed by atoms with Crippen LogP contribution in [0.3, 0.4) is 0 Å². The molecule has 0 aliphatic heterocycles. The lowest BCUT2D eigenvalue weighted by Crippen LogP contribution is -2.19. The molecule has 0 radical (unpaired) electrons. The van der Waals surface area contributed by atoms with E-state index in [1.165, 1.54) is 0 Å². The van der Waals surface area contributed by atoms with Gasteiger partial charge in [0, 0.05) is 22.2 Å². The smallest absolute Gasteiger partial charge is 0.0867 e. The third-order valence-corrected chi connectivity index (χ3v) is 4.18. The average Bonchev–Trinajstić information content (AvgIpc) is 2.34. The second-order valence-electron chi connectivity index (χ2n) is 3.46. The molecule has 0 fully saturated rings. The van der Waals surface area contributed by atoms with Gasteiger partial charge in [-0.05, 0) is 28.1 Å². The van der Waals surface area contributed by atoms with E-state index in [-0.39, 0.29) is 0 Å². The van der Waals surface area contributed by atoms with Crippen molar-refractivity contribution in [3.63, 3.8) is 0 Å². The predicted molar refractivity (Wildman–Crippen MR) is 73.6 cm³/mol. The molecule has 1 unspecified atom stereocenters. The number of ether oxygens (including phenoxy) is 2. The standard InChI is InChI=1S/C12H17BrO3S/c1-15-6-7-16-8-10(14)9-17-12-5-3-2-4-11(12)13/h2-5,10,14H,6-9H2,1H3. The Morgan fingerprint density at radius 1 is 1.35 bits per heavy atom. The maximum Gasteiger partial charge on any atom is 0.0867 e. The van der Waals surface area contributed by atoms with Crippen molar-refractivity contribution in [2.75, 3.05) is 32.7 Å². The topological polar surface area (TPSA) is 38.7 Å². The number of methoxy groups -OCH3 is 1. The van der Waals surface area contributed by atoms with Crippen LogP contribution < -0.4 is 0 Å². The van der Waals surface area contributed by atoms with E-state index in [0.29, 0.717) is 25.6 Å². The molecule has 17 heavy (non-hydrogen) atoms. The molecule has 1 aromatic rings. The Balaban J connectivity index is 2.19. The fourth-order valence-corrected chi connectivity index (χ4v) is 2.63. The van der Waals surface area contributed by atoms with Gasteiger partial charge in [-0.15, -0.1) is 11.8 Å². The van der Waals surface area contributed by atoms with Crippen molar-refractivity contribution in [3.05, 3.63) is 28.7 Å². The molecule has 0 aromatic heterocycles. The molecule has 0 heterocycles. The van der Waals surface area contributed by atoms with E-state index in [9.17, 15) is 5.11 Å². The van der Waals surface area contributed by atoms with Gasteiger partial charge in [-0.3, -0.25) is 0 Å². The zero-order chi connectivity index (χ0) is 12.5. The summed E-state index contributed by atoms with van der Waals surface area (Å²) in [6, 6.07) is 7.96. The Labute approximate surface area is 115 Å². The summed E-state index contributed by atoms with van der Waals surface area (Å²) in [4.78, 5) is 1.13. The van der Waals surface area contributed by atoms with Gasteiger partial charge in [0.15, 0.2) is 0 Å². The van der Waals surface area contributed by atoms with Crippen molar-refractivity contribution in [2.24, 2.45) is 0 Å². The van der Waals surface area contributed by atoms with Gasteiger partial charge in [0.1, 0.15) is 0 Å². The highest BCUT2D eigenvalue weighted by Crippen LogP contribution is 2.27. The molecular weight excluding hydrogens is 304 g/mol. The molecule has 0 saturated heterocycles. The molecule has 0 spiro atoms. The monoisotopic (exact) mass is 320 g/mol. The number of hydrogen-bond acceptors (Lipinski definition) is 4. The van der Waals surface area contributed by atoms with Gasteiger partial charge < -0.3 is 14.6 Å². The number of hydrogen-bond donors (Lipinski definition) is 1. The average molecular weight is 321 g/mol. The Kier molecular flexibility index (Phi) is 7.88. The van der Waals surface area contributed by atoms with E-state index in [0.717, 1.165) is 9.37 Å². The van der Waals surface area contributed by atoms with Crippen LogP contribution in [0.5, 0.6) is 0 Å². The van der Waals surface area contributed by atoms with E-state index in [4.69, 9.17) is 9.47 Å². The van der Waals surface area contributed by atoms with E-state index in [2.05, 4.69) is 15.9 Å². The Hall–Kier alpha value is -0.0700. The molecule has 1 rings (SSSR count). The molecule has 0 aliphatic rings. The fourth-order valence-electron chi connectivity index (χ4n) is 1.16. The van der Waals surface area contributed by atoms with Crippen molar-refractivity contribution in [2.45, 2.75) is 11.0 Å². The molecule has 0 aliphatic carbocycles. The summed E-state index contributed by atoms with van der Waals surface area (Å²) in [5, 5.41) is 9.70. The van der Waals surface area contributed by atoms with Gasteiger partial charge in [-0.2, -0.15) is 0 Å². The van der Waals surface area contributed by atoms with Crippen molar-refractivity contribution in [1.82, 2.24) is 0 Å². The minimum atomic E-state index is -0.455. The highest BCUT2D eigenvalue weighted by atomic mass is 79.9. The summed E-state index contributed by atoms with van der Waals surface area (Å²) in [6.45, 7) is 1.43. The van der Waals surface area contributed by atoms with Gasteiger partial charge >= 0.3 is 0 Å². The van der Waals surface area contributed by atoms with Gasteiger partial charge in [-0.1, -0.05) is 12.1 Å². The zero-order valence-electron chi connectivity index (χ0n) is 9.77. The molecule has 1 N–H and O–H groups in total. The minimum Gasteiger partial charge on any atom is -0.390 e. The quantitative estimate of drug-likeness (QED) is 0.590. The van der Waals surface area contributed by atoms with Crippen LogP contribution in [-0.2, 0) is 9.47 Å². The van der Waals surface area contributed by atoms with Crippen LogP contribution in [0.15, 0.2) is 33.6 Å². The molecule has 0 amide bonds. The van der Waals surface area contributed by atoms with Gasteiger partial charge in [0.2, 0.25) is 0 Å². The van der Waals surface area contributed by atoms with Crippen LogP contribution in [0.4, 0.5) is 0 Å². The fraction of sp³-hybridized carbons (Fsp3) is 0.500. The lowest BCUT2D eigenvalue weighted by Gasteiger charge is -2.11. The van der Waals surface area contributed by atoms with Gasteiger partial charge in [0.05, 0.1) is 25.9 Å². The molecule has 0 bridgehead atoms. The van der Waals surface area contributed by atoms with Gasteiger partial charge in [0.25, 0.3) is 0 Å². The summed E-state index contributed by atoms with van der Waals surface area (Å²) in [7, 11) is 1.63. The molecule has 1 atom stereocenters. The lowest BCUT2D eigenvalue weighted by molar-refractivity contribution is 0.0218. The molecule has 1 aromatic carbocycles. The predicted octanol–water partition coefficient (Wildman–Crippen LogP) is 2.57. The normalized spacial score (nSPS) is 12.6. The van der Waals surface area contributed by atoms with Crippen LogP contribution in [0, 0.1) is 0 Å². The first-order chi connectivity index (χ1) is 8.24. The number of halogens is 1. The second-order valence-corrected chi connectivity index (χ2v) is 5.38. The summed E-state index contributed by atoms with van der Waals surface area (Å²) in [6.07, 6.45) is -0.455. The summed E-state index contributed by atoms with van der Waals surface area (Å²) in [5.41, 5.74) is 0. The van der Waals surface area contributed by atoms with E-state index in [1.807, 2.05) is 24.3 Å². The Morgan fingerprint density at radius 2 is 2.12 bits per heavy atom. The Bertz CT molecular complexity index is 322. The van der Waals surface area contributed by atoms with Crippen LogP contribution in [0.2, 0.25) is 0 Å². The molecular formula is C12H17BrO3S. The van der Waals surface area contributed by atoms with E-state index >= 15 is 0 Å². The maximum atomic E-state index is 9.70. The van der Waals surface area contributed by atoms with Crippen molar-refractivity contribution in [3.8, 4) is 0 Å². The molecule has 96 valence electrons. The van der Waals surface area contributed by atoms with Crippen LogP contribution >= 0.6 is 27.7 Å². The minimum absolute atomic E-state index is 0.348. The summed E-state index contributed by atoms with van der Waals surface area (Å²) < 4.78 is 11.2. The van der Waals surface area contributed by atoms with Crippen LogP contribution in [0.1, 0.15) is 0 Å². The largest absolute Gasteiger partial charge is 0.390 e. The van der Waals surface area contributed by atoms with E-state index < -0.39 is 6.10 Å². The molecule has 0 saturated carbocycles. The highest BCUT2D eigenvalue weighted by Gasteiger charge is 2.06. The van der Waals surface area contributed by atoms with Crippen molar-refractivity contribution < 1.29 is 14.6 Å². The second kappa shape index (κ2) is 8.94. The number of rotatable bonds is 8. The first-order valence-electron chi connectivity index (χ1n) is 5.36. The first-order valence-corrected chi connectivity index (χ1v) is 7.14. The number of aliphatic hydroxyl groups excluding tert-OH is 1. The number of aliphatic hydroxyl groups is 1. The SMILES string of the molecule is COCCOCC(O)CSc1ccccc1Br. The van der Waals surface area contributed by atoms with E-state index in [1.54, 1.807) is 18.9 Å². The van der Waals surface area contributed by atoms with Crippen molar-refractivity contribution >= 4 is 27.7 Å². The Morgan fingerprint density at radius 3 is 2.82 bits per heavy atom. The molecule has 5 heteroatoms. The third kappa shape index (κ3) is 6.43. The maximum absolute atomic E-state index is 9.70. The lowest BCUT2D eigenvalue weighted by atomic mass is 10.4. The summed E-state index contributed by atoms with van der Waals surface area (Å²) in [5.74, 6) is 0.621. The van der Waals surface area contributed by atoms with Crippen LogP contribution in [-0.4, -0.2) is 43.9 Å². The van der Waals surface area contributed by atoms with Crippen LogP contribution in [0.25, 0.3) is 0 Å². The van der Waals surface area contributed by atoms with Gasteiger partial charge in [-0.25, -0.2) is 0 Å². The summed E-state index contributed by atoms with van der Waals surface area (Å²) >= 11 is 5.08. The first kappa shape index (κ1) is 15.0. The number of thioether (sulfide) groups is 1. The molecule has 3 nitrogen and oxygen atoms in total. The zero-order valence-corrected chi connectivity index (χ0v) is 12.2. The number of benzene rings is 1.